The summed E-state index contributed by atoms with van der Waals surface area (Å²) in [6.45, 7) is 5.70. The number of likely N-dealkylation sites (tertiary alicyclic amines) is 1. The number of hydrogen-bond acceptors (Lipinski definition) is 4. The fourth-order valence-corrected chi connectivity index (χ4v) is 3.82. The molecular formula is C19H28ClN5O. The number of aryl methyl sites for hydroxylation is 1. The van der Waals surface area contributed by atoms with Crippen molar-refractivity contribution in [3.63, 3.8) is 0 Å². The van der Waals surface area contributed by atoms with Crippen LogP contribution in [0.3, 0.4) is 0 Å². The van der Waals surface area contributed by atoms with Crippen molar-refractivity contribution in [2.45, 2.75) is 25.8 Å². The summed E-state index contributed by atoms with van der Waals surface area (Å²) in [5.41, 5.74) is 2.05. The zero-order chi connectivity index (χ0) is 18.8. The minimum absolute atomic E-state index is 0.0409. The topological polar surface area (TPSA) is 55.5 Å². The summed E-state index contributed by atoms with van der Waals surface area (Å²) in [5, 5.41) is 0.543. The van der Waals surface area contributed by atoms with E-state index in [4.69, 9.17) is 11.6 Å². The van der Waals surface area contributed by atoms with Crippen molar-refractivity contribution in [2.24, 2.45) is 0 Å². The second kappa shape index (κ2) is 7.94. The molecule has 0 bridgehead atoms. The maximum atomic E-state index is 12.9. The van der Waals surface area contributed by atoms with E-state index in [2.05, 4.69) is 33.9 Å². The second-order valence-corrected chi connectivity index (χ2v) is 7.85. The standard InChI is InChI=1S/C19H28ClN5O/c1-13-21-17-12-14(20)11-16(18(17)22-13)19(26)25(4)10-9-24(3)15-5-7-23(2)8-6-15/h11-12,15H,5-10H2,1-4H3,(H,21,22). The molecule has 0 atom stereocenters. The molecule has 26 heavy (non-hydrogen) atoms. The monoisotopic (exact) mass is 377 g/mol. The Labute approximate surface area is 160 Å². The molecule has 142 valence electrons. The third-order valence-corrected chi connectivity index (χ3v) is 5.56. The number of carbonyl (C=O) groups is 1. The van der Waals surface area contributed by atoms with Crippen molar-refractivity contribution in [3.05, 3.63) is 28.5 Å². The van der Waals surface area contributed by atoms with Gasteiger partial charge in [0, 0.05) is 31.2 Å². The van der Waals surface area contributed by atoms with Gasteiger partial charge in [-0.15, -0.1) is 0 Å². The number of halogens is 1. The zero-order valence-electron chi connectivity index (χ0n) is 16.0. The predicted molar refractivity (Wildman–Crippen MR) is 106 cm³/mol. The van der Waals surface area contributed by atoms with Crippen LogP contribution in [0.25, 0.3) is 11.0 Å². The van der Waals surface area contributed by atoms with Crippen molar-refractivity contribution < 1.29 is 4.79 Å². The lowest BCUT2D eigenvalue weighted by molar-refractivity contribution is 0.0760. The van der Waals surface area contributed by atoms with Crippen LogP contribution in [-0.4, -0.2) is 83.9 Å². The van der Waals surface area contributed by atoms with Crippen LogP contribution < -0.4 is 0 Å². The Bertz CT molecular complexity index is 782. The molecule has 6 nitrogen and oxygen atoms in total. The quantitative estimate of drug-likeness (QED) is 0.870. The van der Waals surface area contributed by atoms with Crippen LogP contribution >= 0.6 is 11.6 Å². The first-order chi connectivity index (χ1) is 12.3. The third kappa shape index (κ3) is 4.19. The van der Waals surface area contributed by atoms with E-state index in [1.165, 1.54) is 12.8 Å². The molecule has 1 N–H and O–H groups in total. The van der Waals surface area contributed by atoms with Gasteiger partial charge in [-0.2, -0.15) is 0 Å². The van der Waals surface area contributed by atoms with Crippen LogP contribution in [0, 0.1) is 6.92 Å². The Balaban J connectivity index is 1.65. The van der Waals surface area contributed by atoms with Gasteiger partial charge in [0.2, 0.25) is 0 Å². The molecule has 1 amide bonds. The number of nitrogens with zero attached hydrogens (tertiary/aromatic N) is 4. The van der Waals surface area contributed by atoms with Crippen LogP contribution in [-0.2, 0) is 0 Å². The molecule has 3 rings (SSSR count). The van der Waals surface area contributed by atoms with Gasteiger partial charge in [-0.05, 0) is 59.1 Å². The van der Waals surface area contributed by atoms with Crippen LogP contribution in [0.2, 0.25) is 5.02 Å². The zero-order valence-corrected chi connectivity index (χ0v) is 16.8. The molecule has 0 spiro atoms. The summed E-state index contributed by atoms with van der Waals surface area (Å²) >= 11 is 6.19. The van der Waals surface area contributed by atoms with E-state index in [-0.39, 0.29) is 5.91 Å². The number of amides is 1. The largest absolute Gasteiger partial charge is 0.342 e. The number of H-pyrrole nitrogens is 1. The fourth-order valence-electron chi connectivity index (χ4n) is 3.60. The first-order valence-electron chi connectivity index (χ1n) is 9.15. The molecule has 0 saturated carbocycles. The number of nitrogens with one attached hydrogen (secondary N) is 1. The molecule has 1 fully saturated rings. The van der Waals surface area contributed by atoms with Crippen molar-refractivity contribution >= 4 is 28.5 Å². The summed E-state index contributed by atoms with van der Waals surface area (Å²) in [6.07, 6.45) is 2.37. The molecule has 2 heterocycles. The van der Waals surface area contributed by atoms with Crippen LogP contribution in [0.15, 0.2) is 12.1 Å². The van der Waals surface area contributed by atoms with Gasteiger partial charge in [-0.1, -0.05) is 11.6 Å². The maximum Gasteiger partial charge on any atom is 0.255 e. The molecule has 1 aromatic heterocycles. The Kier molecular flexibility index (Phi) is 5.85. The van der Waals surface area contributed by atoms with E-state index in [9.17, 15) is 4.79 Å². The lowest BCUT2D eigenvalue weighted by Crippen LogP contribution is -2.44. The number of aromatic amines is 1. The second-order valence-electron chi connectivity index (χ2n) is 7.41. The van der Waals surface area contributed by atoms with Gasteiger partial charge >= 0.3 is 0 Å². The normalized spacial score (nSPS) is 16.5. The van der Waals surface area contributed by atoms with Gasteiger partial charge < -0.3 is 19.7 Å². The number of piperidine rings is 1. The Morgan fingerprint density at radius 1 is 1.31 bits per heavy atom. The van der Waals surface area contributed by atoms with E-state index in [0.717, 1.165) is 31.0 Å². The first kappa shape index (κ1) is 19.1. The minimum atomic E-state index is -0.0409. The number of likely N-dealkylation sites (N-methyl/N-ethyl adjacent to an activating group) is 2. The highest BCUT2D eigenvalue weighted by Crippen LogP contribution is 2.23. The average molecular weight is 378 g/mol. The van der Waals surface area contributed by atoms with Gasteiger partial charge in [0.15, 0.2) is 0 Å². The first-order valence-corrected chi connectivity index (χ1v) is 9.53. The highest BCUT2D eigenvalue weighted by atomic mass is 35.5. The van der Waals surface area contributed by atoms with Crippen molar-refractivity contribution in [2.75, 3.05) is 47.3 Å². The lowest BCUT2D eigenvalue weighted by Gasteiger charge is -2.35. The van der Waals surface area contributed by atoms with Crippen LogP contribution in [0.5, 0.6) is 0 Å². The number of aromatic nitrogens is 2. The van der Waals surface area contributed by atoms with Gasteiger partial charge in [-0.3, -0.25) is 4.79 Å². The number of imidazole rings is 1. The smallest absolute Gasteiger partial charge is 0.255 e. The van der Waals surface area contributed by atoms with Gasteiger partial charge in [0.25, 0.3) is 5.91 Å². The van der Waals surface area contributed by atoms with Gasteiger partial charge in [-0.25, -0.2) is 4.98 Å². The average Bonchev–Trinajstić information content (AvgIpc) is 2.98. The van der Waals surface area contributed by atoms with E-state index < -0.39 is 0 Å². The summed E-state index contributed by atoms with van der Waals surface area (Å²) in [6, 6.07) is 4.12. The molecule has 1 aromatic carbocycles. The predicted octanol–water partition coefficient (Wildman–Crippen LogP) is 2.62. The lowest BCUT2D eigenvalue weighted by atomic mass is 10.0. The van der Waals surface area contributed by atoms with E-state index in [1.807, 2.05) is 20.0 Å². The van der Waals surface area contributed by atoms with E-state index in [1.54, 1.807) is 11.0 Å². The number of hydrogen-bond donors (Lipinski definition) is 1. The summed E-state index contributed by atoms with van der Waals surface area (Å²) < 4.78 is 0. The molecule has 1 aliphatic rings. The summed E-state index contributed by atoms with van der Waals surface area (Å²) in [4.78, 5) is 27.1. The van der Waals surface area contributed by atoms with Crippen LogP contribution in [0.1, 0.15) is 29.0 Å². The Hall–Kier alpha value is -1.63. The van der Waals surface area contributed by atoms with Gasteiger partial charge in [0.1, 0.15) is 11.3 Å². The Morgan fingerprint density at radius 3 is 2.69 bits per heavy atom. The number of benzene rings is 1. The molecule has 0 aliphatic carbocycles. The maximum absolute atomic E-state index is 12.9. The number of carbonyl (C=O) groups excluding carboxylic acids is 1. The summed E-state index contributed by atoms with van der Waals surface area (Å²) in [7, 11) is 6.17. The van der Waals surface area contributed by atoms with Crippen LogP contribution in [0.4, 0.5) is 0 Å². The van der Waals surface area contributed by atoms with Gasteiger partial charge in [0.05, 0.1) is 11.1 Å². The number of rotatable bonds is 5. The number of fused-ring (bicyclic) bond motifs is 1. The fraction of sp³-hybridized carbons (Fsp3) is 0.579. The highest BCUT2D eigenvalue weighted by molar-refractivity contribution is 6.32. The SMILES string of the molecule is Cc1nc2c(C(=O)N(C)CCN(C)C3CCN(C)CC3)cc(Cl)cc2[nH]1. The molecule has 7 heteroatoms. The molecule has 2 aromatic rings. The molecule has 0 radical (unpaired) electrons. The molecule has 1 saturated heterocycles. The highest BCUT2D eigenvalue weighted by Gasteiger charge is 2.22. The third-order valence-electron chi connectivity index (χ3n) is 5.35. The minimum Gasteiger partial charge on any atom is -0.342 e. The molecular weight excluding hydrogens is 350 g/mol. The molecule has 1 aliphatic heterocycles. The van der Waals surface area contributed by atoms with E-state index in [0.29, 0.717) is 28.7 Å². The van der Waals surface area contributed by atoms with E-state index >= 15 is 0 Å². The summed E-state index contributed by atoms with van der Waals surface area (Å²) in [5.74, 6) is 0.738. The van der Waals surface area contributed by atoms with Crippen molar-refractivity contribution in [1.29, 1.82) is 0 Å². The Morgan fingerprint density at radius 2 is 2.00 bits per heavy atom. The van der Waals surface area contributed by atoms with Crippen molar-refractivity contribution in [3.8, 4) is 0 Å². The van der Waals surface area contributed by atoms with Crippen molar-refractivity contribution in [1.82, 2.24) is 24.7 Å². The molecule has 0 unspecified atom stereocenters.